The minimum Gasteiger partial charge on any atom is -0.396 e. The average molecular weight is 265 g/mol. The van der Waals surface area contributed by atoms with Gasteiger partial charge in [-0.1, -0.05) is 11.8 Å². The molecule has 0 aliphatic carbocycles. The van der Waals surface area contributed by atoms with Gasteiger partial charge in [-0.3, -0.25) is 4.79 Å². The molecule has 1 aliphatic heterocycles. The van der Waals surface area contributed by atoms with Crippen LogP contribution in [0.2, 0.25) is 0 Å². The van der Waals surface area contributed by atoms with Crippen molar-refractivity contribution in [3.63, 3.8) is 0 Å². The molecule has 0 radical (unpaired) electrons. The Kier molecular flexibility index (Phi) is 4.37. The fraction of sp³-hybridized carbons (Fsp3) is 0.462. The molecule has 1 saturated heterocycles. The van der Waals surface area contributed by atoms with E-state index in [0.29, 0.717) is 18.0 Å². The smallest absolute Gasteiger partial charge is 0.263 e. The summed E-state index contributed by atoms with van der Waals surface area (Å²) in [5, 5.41) is 17.7. The predicted molar refractivity (Wildman–Crippen MR) is 69.4 cm³/mol. The number of thiophene rings is 1. The van der Waals surface area contributed by atoms with Gasteiger partial charge in [-0.25, -0.2) is 0 Å². The van der Waals surface area contributed by atoms with Gasteiger partial charge in [0, 0.05) is 25.6 Å². The lowest BCUT2D eigenvalue weighted by molar-refractivity contribution is 0.0786. The maximum absolute atomic E-state index is 12.2. The van der Waals surface area contributed by atoms with Crippen LogP contribution >= 0.6 is 11.3 Å². The van der Waals surface area contributed by atoms with Crippen molar-refractivity contribution in [1.82, 2.24) is 4.90 Å². The summed E-state index contributed by atoms with van der Waals surface area (Å²) in [4.78, 5) is 15.4. The Balaban J connectivity index is 2.03. The van der Waals surface area contributed by atoms with Crippen LogP contribution in [0.4, 0.5) is 0 Å². The van der Waals surface area contributed by atoms with Gasteiger partial charge in [-0.2, -0.15) is 0 Å². The number of aliphatic hydroxyl groups excluding tert-OH is 2. The van der Waals surface area contributed by atoms with E-state index in [1.807, 2.05) is 0 Å². The molecule has 2 rings (SSSR count). The molecular weight excluding hydrogens is 250 g/mol. The Bertz CT molecular complexity index is 486. The zero-order valence-corrected chi connectivity index (χ0v) is 10.7. The van der Waals surface area contributed by atoms with Crippen LogP contribution in [-0.4, -0.2) is 47.3 Å². The number of carbonyl (C=O) groups excluding carboxylic acids is 1. The van der Waals surface area contributed by atoms with Crippen molar-refractivity contribution in [2.24, 2.45) is 5.92 Å². The summed E-state index contributed by atoms with van der Waals surface area (Å²) in [6.07, 6.45) is 0.866. The second kappa shape index (κ2) is 6.01. The highest BCUT2D eigenvalue weighted by atomic mass is 32.1. The third kappa shape index (κ3) is 2.91. The molecule has 1 aromatic rings. The van der Waals surface area contributed by atoms with E-state index in [1.165, 1.54) is 11.3 Å². The SMILES string of the molecule is O=C(c1ccc(C#CCO)s1)N1CCC(CO)C1. The predicted octanol–water partition coefficient (Wildman–Crippen LogP) is 0.546. The zero-order chi connectivity index (χ0) is 13.0. The summed E-state index contributed by atoms with van der Waals surface area (Å²) in [6.45, 7) is 1.30. The standard InChI is InChI=1S/C13H15NO3S/c15-7-1-2-11-3-4-12(18-11)13(17)14-6-5-10(8-14)9-16/h3-4,10,15-16H,5-9H2. The molecule has 1 unspecified atom stereocenters. The molecule has 1 aliphatic rings. The van der Waals surface area contributed by atoms with Gasteiger partial charge in [-0.15, -0.1) is 11.3 Å². The summed E-state index contributed by atoms with van der Waals surface area (Å²) in [5.74, 6) is 5.57. The van der Waals surface area contributed by atoms with E-state index in [2.05, 4.69) is 11.8 Å². The lowest BCUT2D eigenvalue weighted by Crippen LogP contribution is -2.28. The monoisotopic (exact) mass is 265 g/mol. The lowest BCUT2D eigenvalue weighted by atomic mass is 10.1. The first-order valence-electron chi connectivity index (χ1n) is 5.84. The minimum absolute atomic E-state index is 0.00741. The van der Waals surface area contributed by atoms with Gasteiger partial charge in [0.2, 0.25) is 0 Å². The molecule has 1 amide bonds. The molecule has 4 nitrogen and oxygen atoms in total. The third-order valence-corrected chi connectivity index (χ3v) is 3.93. The molecule has 0 aromatic carbocycles. The third-order valence-electron chi connectivity index (χ3n) is 2.94. The van der Waals surface area contributed by atoms with E-state index in [1.54, 1.807) is 17.0 Å². The Morgan fingerprint density at radius 3 is 3.00 bits per heavy atom. The normalized spacial score (nSPS) is 18.6. The molecule has 1 atom stereocenters. The van der Waals surface area contributed by atoms with Crippen molar-refractivity contribution < 1.29 is 15.0 Å². The first-order valence-corrected chi connectivity index (χ1v) is 6.66. The Morgan fingerprint density at radius 1 is 1.50 bits per heavy atom. The van der Waals surface area contributed by atoms with Crippen molar-refractivity contribution in [2.45, 2.75) is 6.42 Å². The summed E-state index contributed by atoms with van der Waals surface area (Å²) < 4.78 is 0. The first-order chi connectivity index (χ1) is 8.74. The molecule has 0 spiro atoms. The highest BCUT2D eigenvalue weighted by Gasteiger charge is 2.26. The quantitative estimate of drug-likeness (QED) is 0.768. The lowest BCUT2D eigenvalue weighted by Gasteiger charge is -2.14. The number of likely N-dealkylation sites (tertiary alicyclic amines) is 1. The Labute approximate surface area is 110 Å². The molecule has 1 aromatic heterocycles. The summed E-state index contributed by atoms with van der Waals surface area (Å²) >= 11 is 1.34. The van der Waals surface area contributed by atoms with Crippen LogP contribution < -0.4 is 0 Å². The van der Waals surface area contributed by atoms with Gasteiger partial charge in [-0.05, 0) is 18.6 Å². The minimum atomic E-state index is -0.175. The number of hydrogen-bond acceptors (Lipinski definition) is 4. The molecular formula is C13H15NO3S. The largest absolute Gasteiger partial charge is 0.396 e. The number of nitrogens with zero attached hydrogens (tertiary/aromatic N) is 1. The topological polar surface area (TPSA) is 60.8 Å². The van der Waals surface area contributed by atoms with Gasteiger partial charge in [0.15, 0.2) is 0 Å². The van der Waals surface area contributed by atoms with E-state index < -0.39 is 0 Å². The van der Waals surface area contributed by atoms with E-state index in [9.17, 15) is 4.79 Å². The van der Waals surface area contributed by atoms with Crippen molar-refractivity contribution in [3.8, 4) is 11.8 Å². The van der Waals surface area contributed by atoms with Crippen LogP contribution in [0, 0.1) is 17.8 Å². The molecule has 1 fully saturated rings. The van der Waals surface area contributed by atoms with E-state index in [-0.39, 0.29) is 25.0 Å². The highest BCUT2D eigenvalue weighted by Crippen LogP contribution is 2.22. The maximum Gasteiger partial charge on any atom is 0.263 e. The number of aliphatic hydroxyl groups is 2. The molecule has 2 N–H and O–H groups in total. The number of rotatable bonds is 2. The number of carbonyl (C=O) groups is 1. The van der Waals surface area contributed by atoms with Crippen molar-refractivity contribution in [3.05, 3.63) is 21.9 Å². The zero-order valence-electron chi connectivity index (χ0n) is 9.93. The van der Waals surface area contributed by atoms with Gasteiger partial charge in [0.1, 0.15) is 6.61 Å². The average Bonchev–Trinajstić information content (AvgIpc) is 3.04. The summed E-state index contributed by atoms with van der Waals surface area (Å²) in [6, 6.07) is 3.56. The molecule has 0 bridgehead atoms. The van der Waals surface area contributed by atoms with Gasteiger partial charge >= 0.3 is 0 Å². The van der Waals surface area contributed by atoms with E-state index >= 15 is 0 Å². The maximum atomic E-state index is 12.2. The van der Waals surface area contributed by atoms with E-state index in [4.69, 9.17) is 10.2 Å². The second-order valence-corrected chi connectivity index (χ2v) is 5.30. The molecule has 0 saturated carbocycles. The summed E-state index contributed by atoms with van der Waals surface area (Å²) in [7, 11) is 0. The fourth-order valence-corrected chi connectivity index (χ4v) is 2.82. The van der Waals surface area contributed by atoms with E-state index in [0.717, 1.165) is 11.3 Å². The Hall–Kier alpha value is -1.35. The highest BCUT2D eigenvalue weighted by molar-refractivity contribution is 7.14. The first kappa shape index (κ1) is 13.1. The fourth-order valence-electron chi connectivity index (χ4n) is 1.97. The van der Waals surface area contributed by atoms with Crippen LogP contribution in [0.15, 0.2) is 12.1 Å². The Morgan fingerprint density at radius 2 is 2.33 bits per heavy atom. The van der Waals surface area contributed by atoms with Gasteiger partial charge < -0.3 is 15.1 Å². The van der Waals surface area contributed by atoms with Crippen LogP contribution in [-0.2, 0) is 0 Å². The number of amides is 1. The van der Waals surface area contributed by atoms with Crippen LogP contribution in [0.3, 0.4) is 0 Å². The van der Waals surface area contributed by atoms with Crippen LogP contribution in [0.1, 0.15) is 21.0 Å². The second-order valence-electron chi connectivity index (χ2n) is 4.21. The molecule has 18 heavy (non-hydrogen) atoms. The molecule has 5 heteroatoms. The van der Waals surface area contributed by atoms with Gasteiger partial charge in [0.25, 0.3) is 5.91 Å². The molecule has 96 valence electrons. The van der Waals surface area contributed by atoms with Crippen molar-refractivity contribution >= 4 is 17.2 Å². The van der Waals surface area contributed by atoms with Crippen LogP contribution in [0.5, 0.6) is 0 Å². The van der Waals surface area contributed by atoms with Crippen molar-refractivity contribution in [1.29, 1.82) is 0 Å². The molecule has 2 heterocycles. The summed E-state index contributed by atoms with van der Waals surface area (Å²) in [5.41, 5.74) is 0. The number of hydrogen-bond donors (Lipinski definition) is 2. The van der Waals surface area contributed by atoms with Gasteiger partial charge in [0.05, 0.1) is 9.75 Å². The van der Waals surface area contributed by atoms with Crippen LogP contribution in [0.25, 0.3) is 0 Å². The van der Waals surface area contributed by atoms with Crippen molar-refractivity contribution in [2.75, 3.05) is 26.3 Å².